The molecule has 0 fully saturated rings. The maximum absolute atomic E-state index is 12.5. The summed E-state index contributed by atoms with van der Waals surface area (Å²) in [7, 11) is 0.901. The third kappa shape index (κ3) is 4.50. The molecule has 2 atom stereocenters. The van der Waals surface area contributed by atoms with E-state index in [1.54, 1.807) is 0 Å². The van der Waals surface area contributed by atoms with E-state index in [0.29, 0.717) is 5.75 Å². The van der Waals surface area contributed by atoms with Crippen LogP contribution in [0.15, 0.2) is 57.9 Å². The van der Waals surface area contributed by atoms with Gasteiger partial charge >= 0.3 is 0 Å². The van der Waals surface area contributed by atoms with Crippen LogP contribution in [-0.4, -0.2) is 17.0 Å². The summed E-state index contributed by atoms with van der Waals surface area (Å²) in [6.07, 6.45) is 1.04. The maximum atomic E-state index is 12.5. The summed E-state index contributed by atoms with van der Waals surface area (Å²) in [6.45, 7) is 2.15. The van der Waals surface area contributed by atoms with Crippen molar-refractivity contribution in [2.45, 2.75) is 24.3 Å². The molecule has 2 nitrogen and oxygen atoms in total. The van der Waals surface area contributed by atoms with E-state index >= 15 is 0 Å². The third-order valence-corrected chi connectivity index (χ3v) is 5.50. The maximum Gasteiger partial charge on any atom is 0.0548 e. The first kappa shape index (κ1) is 16.4. The second-order valence-electron chi connectivity index (χ2n) is 4.90. The predicted octanol–water partition coefficient (Wildman–Crippen LogP) is 4.08. The highest BCUT2D eigenvalue weighted by molar-refractivity contribution is 9.10. The first-order chi connectivity index (χ1) is 10.1. The smallest absolute Gasteiger partial charge is 0.0548 e. The van der Waals surface area contributed by atoms with Crippen molar-refractivity contribution in [1.82, 2.24) is 5.32 Å². The highest BCUT2D eigenvalue weighted by atomic mass is 79.9. The molecule has 0 aliphatic heterocycles. The summed E-state index contributed by atoms with van der Waals surface area (Å²) in [5, 5.41) is 3.27. The van der Waals surface area contributed by atoms with Crippen LogP contribution in [0.25, 0.3) is 0 Å². The molecule has 2 rings (SSSR count). The van der Waals surface area contributed by atoms with E-state index in [1.165, 1.54) is 11.1 Å². The van der Waals surface area contributed by atoms with Crippen molar-refractivity contribution in [2.24, 2.45) is 0 Å². The largest absolute Gasteiger partial charge is 0.312 e. The molecule has 0 bridgehead atoms. The minimum atomic E-state index is -1.01. The molecule has 2 aromatic carbocycles. The van der Waals surface area contributed by atoms with Gasteiger partial charge in [0.1, 0.15) is 0 Å². The van der Waals surface area contributed by atoms with Crippen LogP contribution in [0.3, 0.4) is 0 Å². The van der Waals surface area contributed by atoms with E-state index in [1.807, 2.05) is 31.3 Å². The molecule has 0 aromatic heterocycles. The first-order valence-corrected chi connectivity index (χ1v) is 9.15. The first-order valence-electron chi connectivity index (χ1n) is 7.04. The molecule has 112 valence electrons. The van der Waals surface area contributed by atoms with Gasteiger partial charge in [-0.15, -0.1) is 0 Å². The molecule has 0 saturated carbocycles. The quantitative estimate of drug-likeness (QED) is 0.835. The second-order valence-corrected chi connectivity index (χ2v) is 7.31. The van der Waals surface area contributed by atoms with Gasteiger partial charge in [-0.1, -0.05) is 47.1 Å². The molecular weight excluding hydrogens is 346 g/mol. The van der Waals surface area contributed by atoms with Crippen molar-refractivity contribution in [2.75, 3.05) is 12.8 Å². The van der Waals surface area contributed by atoms with Crippen molar-refractivity contribution in [3.63, 3.8) is 0 Å². The average Bonchev–Trinajstić information content (AvgIpc) is 2.53. The number of aryl methyl sites for hydroxylation is 1. The summed E-state index contributed by atoms with van der Waals surface area (Å²) in [5.41, 5.74) is 2.50. The van der Waals surface area contributed by atoms with Gasteiger partial charge in [-0.05, 0) is 48.9 Å². The number of rotatable bonds is 6. The molecule has 0 saturated heterocycles. The molecule has 0 amide bonds. The molecule has 2 unspecified atom stereocenters. The lowest BCUT2D eigenvalue weighted by Crippen LogP contribution is -2.22. The molecule has 21 heavy (non-hydrogen) atoms. The van der Waals surface area contributed by atoms with E-state index in [0.717, 1.165) is 15.8 Å². The monoisotopic (exact) mass is 365 g/mol. The minimum absolute atomic E-state index is 0.0976. The molecule has 0 aliphatic rings. The Labute approximate surface area is 137 Å². The van der Waals surface area contributed by atoms with Gasteiger partial charge in [-0.25, -0.2) is 0 Å². The van der Waals surface area contributed by atoms with E-state index in [2.05, 4.69) is 52.4 Å². The summed E-state index contributed by atoms with van der Waals surface area (Å²) in [4.78, 5) is 0.864. The molecular formula is C17H20BrNOS. The number of hydrogen-bond donors (Lipinski definition) is 1. The fraction of sp³-hybridized carbons (Fsp3) is 0.294. The van der Waals surface area contributed by atoms with Crippen LogP contribution in [0, 0.1) is 0 Å². The lowest BCUT2D eigenvalue weighted by molar-refractivity contribution is 0.635. The predicted molar refractivity (Wildman–Crippen MR) is 93.0 cm³/mol. The summed E-state index contributed by atoms with van der Waals surface area (Å²) < 4.78 is 13.5. The fourth-order valence-corrected chi connectivity index (χ4v) is 3.72. The topological polar surface area (TPSA) is 29.1 Å². The molecule has 0 aliphatic carbocycles. The molecule has 0 radical (unpaired) electrons. The van der Waals surface area contributed by atoms with Crippen LogP contribution in [0.1, 0.15) is 24.1 Å². The van der Waals surface area contributed by atoms with Crippen molar-refractivity contribution in [3.05, 3.63) is 64.1 Å². The van der Waals surface area contributed by atoms with Gasteiger partial charge in [0.05, 0.1) is 10.8 Å². The average molecular weight is 366 g/mol. The van der Waals surface area contributed by atoms with Gasteiger partial charge in [0.25, 0.3) is 0 Å². The van der Waals surface area contributed by atoms with Crippen molar-refractivity contribution in [1.29, 1.82) is 0 Å². The number of hydrogen-bond acceptors (Lipinski definition) is 2. The van der Waals surface area contributed by atoms with Crippen LogP contribution >= 0.6 is 15.9 Å². The summed E-state index contributed by atoms with van der Waals surface area (Å²) >= 11 is 3.40. The Morgan fingerprint density at radius 2 is 1.71 bits per heavy atom. The normalized spacial score (nSPS) is 13.9. The van der Waals surface area contributed by atoms with E-state index in [9.17, 15) is 4.21 Å². The minimum Gasteiger partial charge on any atom is -0.312 e. The van der Waals surface area contributed by atoms with Crippen LogP contribution in [0.4, 0.5) is 0 Å². The van der Waals surface area contributed by atoms with Gasteiger partial charge in [0.15, 0.2) is 0 Å². The molecule has 0 spiro atoms. The summed E-state index contributed by atoms with van der Waals surface area (Å²) in [6, 6.07) is 16.3. The Bertz CT molecular complexity index is 595. The van der Waals surface area contributed by atoms with Gasteiger partial charge in [0, 0.05) is 21.2 Å². The van der Waals surface area contributed by atoms with E-state index < -0.39 is 10.8 Å². The lowest BCUT2D eigenvalue weighted by Gasteiger charge is -2.16. The Hall–Kier alpha value is -0.970. The summed E-state index contributed by atoms with van der Waals surface area (Å²) in [5.74, 6) is 0.573. The standard InChI is InChI=1S/C17H20BrNOS/c1-3-13-4-6-14(7-5-13)17(19-2)12-21(20)16-10-8-15(18)9-11-16/h4-11,17,19H,3,12H2,1-2H3. The van der Waals surface area contributed by atoms with Crippen molar-refractivity contribution >= 4 is 26.7 Å². The highest BCUT2D eigenvalue weighted by Gasteiger charge is 2.14. The lowest BCUT2D eigenvalue weighted by atomic mass is 10.1. The molecule has 0 heterocycles. The van der Waals surface area contributed by atoms with Crippen LogP contribution in [0.5, 0.6) is 0 Å². The van der Waals surface area contributed by atoms with E-state index in [4.69, 9.17) is 0 Å². The highest BCUT2D eigenvalue weighted by Crippen LogP contribution is 2.19. The molecule has 1 N–H and O–H groups in total. The van der Waals surface area contributed by atoms with Gasteiger partial charge < -0.3 is 5.32 Å². The SMILES string of the molecule is CCc1ccc(C(CS(=O)c2ccc(Br)cc2)NC)cc1. The third-order valence-electron chi connectivity index (χ3n) is 3.53. The Kier molecular flexibility index (Phi) is 6.15. The zero-order valence-electron chi connectivity index (χ0n) is 12.3. The van der Waals surface area contributed by atoms with Crippen LogP contribution in [0.2, 0.25) is 0 Å². The Balaban J connectivity index is 2.10. The van der Waals surface area contributed by atoms with Gasteiger partial charge in [-0.2, -0.15) is 0 Å². The number of benzene rings is 2. The molecule has 2 aromatic rings. The number of nitrogens with one attached hydrogen (secondary N) is 1. The fourth-order valence-electron chi connectivity index (χ4n) is 2.17. The van der Waals surface area contributed by atoms with Crippen LogP contribution in [-0.2, 0) is 17.2 Å². The number of halogens is 1. The second kappa shape index (κ2) is 7.87. The van der Waals surface area contributed by atoms with Gasteiger partial charge in [0.2, 0.25) is 0 Å². The zero-order chi connectivity index (χ0) is 15.2. The van der Waals surface area contributed by atoms with E-state index in [-0.39, 0.29) is 6.04 Å². The molecule has 4 heteroatoms. The van der Waals surface area contributed by atoms with Gasteiger partial charge in [-0.3, -0.25) is 4.21 Å². The van der Waals surface area contributed by atoms with Crippen molar-refractivity contribution in [3.8, 4) is 0 Å². The Morgan fingerprint density at radius 3 is 2.24 bits per heavy atom. The Morgan fingerprint density at radius 1 is 1.10 bits per heavy atom. The zero-order valence-corrected chi connectivity index (χ0v) is 14.7. The van der Waals surface area contributed by atoms with Crippen LogP contribution < -0.4 is 5.32 Å². The van der Waals surface area contributed by atoms with Crippen molar-refractivity contribution < 1.29 is 4.21 Å².